The Morgan fingerprint density at radius 3 is 2.65 bits per heavy atom. The van der Waals surface area contributed by atoms with Crippen LogP contribution < -0.4 is 15.8 Å². The Bertz CT molecular complexity index is 479. The second kappa shape index (κ2) is 6.88. The molecule has 2 unspecified atom stereocenters. The number of aromatic nitrogens is 2. The SMILES string of the molecule is CCC(C)C(Cn1ncc(N2CCCC2)cc1=O)NC. The molecule has 1 fully saturated rings. The van der Waals surface area contributed by atoms with Gasteiger partial charge < -0.3 is 10.2 Å². The van der Waals surface area contributed by atoms with Gasteiger partial charge in [0.1, 0.15) is 0 Å². The van der Waals surface area contributed by atoms with E-state index in [-0.39, 0.29) is 11.6 Å². The summed E-state index contributed by atoms with van der Waals surface area (Å²) in [5, 5.41) is 7.64. The minimum Gasteiger partial charge on any atom is -0.370 e. The number of hydrogen-bond acceptors (Lipinski definition) is 4. The van der Waals surface area contributed by atoms with Gasteiger partial charge in [0.05, 0.1) is 18.4 Å². The quantitative estimate of drug-likeness (QED) is 0.856. The lowest BCUT2D eigenvalue weighted by Gasteiger charge is -2.23. The van der Waals surface area contributed by atoms with Gasteiger partial charge in [-0.05, 0) is 25.8 Å². The van der Waals surface area contributed by atoms with Crippen molar-refractivity contribution in [2.45, 2.75) is 45.7 Å². The van der Waals surface area contributed by atoms with Crippen molar-refractivity contribution in [3.63, 3.8) is 0 Å². The third-order valence-corrected chi connectivity index (χ3v) is 4.40. The fourth-order valence-corrected chi connectivity index (χ4v) is 2.74. The maximum Gasteiger partial charge on any atom is 0.268 e. The second-order valence-electron chi connectivity index (χ2n) is 5.71. The molecule has 0 saturated carbocycles. The Balaban J connectivity index is 2.11. The third-order valence-electron chi connectivity index (χ3n) is 4.40. The molecule has 1 aliphatic rings. The van der Waals surface area contributed by atoms with Gasteiger partial charge in [-0.25, -0.2) is 4.68 Å². The van der Waals surface area contributed by atoms with Gasteiger partial charge in [-0.1, -0.05) is 20.3 Å². The minimum atomic E-state index is -0.00190. The number of nitrogens with one attached hydrogen (secondary N) is 1. The smallest absolute Gasteiger partial charge is 0.268 e. The number of anilines is 1. The van der Waals surface area contributed by atoms with Crippen LogP contribution in [-0.2, 0) is 6.54 Å². The molecule has 0 spiro atoms. The molecule has 0 radical (unpaired) electrons. The first-order chi connectivity index (χ1) is 9.65. The van der Waals surface area contributed by atoms with Gasteiger partial charge in [0.25, 0.3) is 5.56 Å². The van der Waals surface area contributed by atoms with Crippen molar-refractivity contribution < 1.29 is 0 Å². The molecular weight excluding hydrogens is 252 g/mol. The molecule has 2 heterocycles. The first-order valence-electron chi connectivity index (χ1n) is 7.65. The predicted molar refractivity (Wildman–Crippen MR) is 82.2 cm³/mol. The lowest BCUT2D eigenvalue weighted by Crippen LogP contribution is -2.40. The average molecular weight is 278 g/mol. The molecule has 20 heavy (non-hydrogen) atoms. The van der Waals surface area contributed by atoms with Gasteiger partial charge in [0, 0.05) is 25.2 Å². The topological polar surface area (TPSA) is 50.2 Å². The van der Waals surface area contributed by atoms with E-state index in [2.05, 4.69) is 29.2 Å². The van der Waals surface area contributed by atoms with E-state index in [9.17, 15) is 4.79 Å². The zero-order valence-electron chi connectivity index (χ0n) is 12.8. The minimum absolute atomic E-state index is 0.00190. The van der Waals surface area contributed by atoms with Gasteiger partial charge in [-0.2, -0.15) is 5.10 Å². The van der Waals surface area contributed by atoms with Crippen LogP contribution in [0, 0.1) is 5.92 Å². The zero-order chi connectivity index (χ0) is 14.5. The molecular formula is C15H26N4O. The molecule has 0 aliphatic carbocycles. The van der Waals surface area contributed by atoms with Gasteiger partial charge in [0.15, 0.2) is 0 Å². The Hall–Kier alpha value is -1.36. The zero-order valence-corrected chi connectivity index (χ0v) is 12.8. The van der Waals surface area contributed by atoms with Crippen LogP contribution >= 0.6 is 0 Å². The van der Waals surface area contributed by atoms with Gasteiger partial charge in [-0.3, -0.25) is 4.79 Å². The van der Waals surface area contributed by atoms with Gasteiger partial charge >= 0.3 is 0 Å². The number of likely N-dealkylation sites (N-methyl/N-ethyl adjacent to an activating group) is 1. The third kappa shape index (κ3) is 3.39. The van der Waals surface area contributed by atoms with Crippen LogP contribution in [0.25, 0.3) is 0 Å². The molecule has 112 valence electrons. The van der Waals surface area contributed by atoms with Crippen LogP contribution in [0.3, 0.4) is 0 Å². The summed E-state index contributed by atoms with van der Waals surface area (Å²) in [6, 6.07) is 2.00. The van der Waals surface area contributed by atoms with Gasteiger partial charge in [-0.15, -0.1) is 0 Å². The molecule has 5 nitrogen and oxygen atoms in total. The summed E-state index contributed by atoms with van der Waals surface area (Å²) in [6.07, 6.45) is 5.33. The summed E-state index contributed by atoms with van der Waals surface area (Å²) in [4.78, 5) is 14.4. The van der Waals surface area contributed by atoms with Gasteiger partial charge in [0.2, 0.25) is 0 Å². The van der Waals surface area contributed by atoms with E-state index >= 15 is 0 Å². The van der Waals surface area contributed by atoms with E-state index in [1.807, 2.05) is 13.2 Å². The van der Waals surface area contributed by atoms with Crippen LogP contribution in [0.1, 0.15) is 33.1 Å². The molecule has 2 rings (SSSR count). The summed E-state index contributed by atoms with van der Waals surface area (Å²) in [7, 11) is 1.94. The predicted octanol–water partition coefficient (Wildman–Crippen LogP) is 1.48. The van der Waals surface area contributed by atoms with E-state index < -0.39 is 0 Å². The molecule has 0 bridgehead atoms. The number of rotatable bonds is 6. The largest absolute Gasteiger partial charge is 0.370 e. The normalized spacial score (nSPS) is 18.2. The molecule has 2 atom stereocenters. The van der Waals surface area contributed by atoms with Crippen LogP contribution in [0.15, 0.2) is 17.1 Å². The summed E-state index contributed by atoms with van der Waals surface area (Å²) < 4.78 is 1.58. The molecule has 1 aromatic rings. The van der Waals surface area contributed by atoms with Crippen LogP contribution in [0.5, 0.6) is 0 Å². The van der Waals surface area contributed by atoms with Crippen LogP contribution in [0.4, 0.5) is 5.69 Å². The summed E-state index contributed by atoms with van der Waals surface area (Å²) in [5.74, 6) is 0.520. The Kier molecular flexibility index (Phi) is 5.17. The van der Waals surface area contributed by atoms with Crippen molar-refractivity contribution in [1.82, 2.24) is 15.1 Å². The standard InChI is InChI=1S/C15H26N4O/c1-4-12(2)14(16-3)11-19-15(20)9-13(10-17-19)18-7-5-6-8-18/h9-10,12,14,16H,4-8,11H2,1-3H3. The highest BCUT2D eigenvalue weighted by atomic mass is 16.1. The average Bonchev–Trinajstić information content (AvgIpc) is 2.99. The lowest BCUT2D eigenvalue weighted by molar-refractivity contribution is 0.330. The fourth-order valence-electron chi connectivity index (χ4n) is 2.74. The number of hydrogen-bond donors (Lipinski definition) is 1. The highest BCUT2D eigenvalue weighted by molar-refractivity contribution is 5.43. The molecule has 1 N–H and O–H groups in total. The monoisotopic (exact) mass is 278 g/mol. The molecule has 0 amide bonds. The van der Waals surface area contributed by atoms with E-state index in [4.69, 9.17) is 0 Å². The van der Waals surface area contributed by atoms with Crippen molar-refractivity contribution in [3.05, 3.63) is 22.6 Å². The Morgan fingerprint density at radius 1 is 1.40 bits per heavy atom. The highest BCUT2D eigenvalue weighted by Crippen LogP contribution is 2.17. The van der Waals surface area contributed by atoms with E-state index in [0.29, 0.717) is 12.5 Å². The molecule has 1 saturated heterocycles. The van der Waals surface area contributed by atoms with Crippen molar-refractivity contribution in [3.8, 4) is 0 Å². The summed E-state index contributed by atoms with van der Waals surface area (Å²) >= 11 is 0. The van der Waals surface area contributed by atoms with Crippen molar-refractivity contribution in [2.75, 3.05) is 25.0 Å². The summed E-state index contributed by atoms with van der Waals surface area (Å²) in [6.45, 7) is 7.07. The van der Waals surface area contributed by atoms with Crippen LogP contribution in [-0.4, -0.2) is 36.0 Å². The maximum atomic E-state index is 12.2. The fraction of sp³-hybridized carbons (Fsp3) is 0.733. The first kappa shape index (κ1) is 15.0. The molecule has 1 aromatic heterocycles. The lowest BCUT2D eigenvalue weighted by atomic mass is 9.99. The van der Waals surface area contributed by atoms with Crippen molar-refractivity contribution >= 4 is 5.69 Å². The number of nitrogens with zero attached hydrogens (tertiary/aromatic N) is 3. The van der Waals surface area contributed by atoms with Crippen LogP contribution in [0.2, 0.25) is 0 Å². The van der Waals surface area contributed by atoms with Crippen molar-refractivity contribution in [1.29, 1.82) is 0 Å². The van der Waals surface area contributed by atoms with E-state index in [1.165, 1.54) is 12.8 Å². The van der Waals surface area contributed by atoms with E-state index in [0.717, 1.165) is 25.2 Å². The molecule has 1 aliphatic heterocycles. The second-order valence-corrected chi connectivity index (χ2v) is 5.71. The Labute approximate surface area is 121 Å². The summed E-state index contributed by atoms with van der Waals surface area (Å²) in [5.41, 5.74) is 0.964. The maximum absolute atomic E-state index is 12.2. The Morgan fingerprint density at radius 2 is 2.10 bits per heavy atom. The molecule has 5 heteroatoms. The molecule has 0 aromatic carbocycles. The first-order valence-corrected chi connectivity index (χ1v) is 7.65. The van der Waals surface area contributed by atoms with E-state index in [1.54, 1.807) is 10.7 Å². The highest BCUT2D eigenvalue weighted by Gasteiger charge is 2.17. The van der Waals surface area contributed by atoms with Crippen molar-refractivity contribution in [2.24, 2.45) is 5.92 Å².